The molecule has 156 valence electrons. The molecule has 0 fully saturated rings. The fourth-order valence-corrected chi connectivity index (χ4v) is 3.19. The van der Waals surface area contributed by atoms with E-state index in [1.165, 1.54) is 22.9 Å². The molecule has 2 N–H and O–H groups in total. The third-order valence-electron chi connectivity index (χ3n) is 3.51. The lowest BCUT2D eigenvalue weighted by molar-refractivity contribution is -0.121. The zero-order chi connectivity index (χ0) is 21.5. The highest BCUT2D eigenvalue weighted by Gasteiger charge is 2.30. The average Bonchev–Trinajstić information content (AvgIpc) is 2.66. The summed E-state index contributed by atoms with van der Waals surface area (Å²) in [6.45, 7) is 0.763. The Morgan fingerprint density at radius 1 is 1.07 bits per heavy atom. The molecule has 0 radical (unpaired) electrons. The normalized spacial score (nSPS) is 12.1. The first kappa shape index (κ1) is 22.4. The van der Waals surface area contributed by atoms with Crippen LogP contribution in [0, 0.1) is 0 Å². The lowest BCUT2D eigenvalue weighted by Gasteiger charge is -2.10. The monoisotopic (exact) mass is 428 g/mol. The maximum absolute atomic E-state index is 12.2. The number of sulfonamides is 1. The van der Waals surface area contributed by atoms with Crippen LogP contribution in [0.5, 0.6) is 5.75 Å². The van der Waals surface area contributed by atoms with Crippen molar-refractivity contribution in [1.29, 1.82) is 0 Å². The third-order valence-corrected chi connectivity index (χ3v) is 4.93. The molecule has 0 aromatic heterocycles. The van der Waals surface area contributed by atoms with Gasteiger partial charge >= 0.3 is 6.18 Å². The first-order valence-electron chi connectivity index (χ1n) is 8.47. The fourth-order valence-electron chi connectivity index (χ4n) is 2.18. The molecule has 0 heterocycles. The van der Waals surface area contributed by atoms with E-state index in [1.807, 2.05) is 6.92 Å². The molecule has 2 aromatic carbocycles. The maximum Gasteiger partial charge on any atom is 0.402 e. The summed E-state index contributed by atoms with van der Waals surface area (Å²) in [6.07, 6.45) is -1.77. The van der Waals surface area contributed by atoms with Crippen molar-refractivity contribution in [2.24, 2.45) is 0 Å². The summed E-state index contributed by atoms with van der Waals surface area (Å²) < 4.78 is 66.9. The maximum atomic E-state index is 12.2. The Bertz CT molecular complexity index is 954. The Kier molecular flexibility index (Phi) is 7.40. The molecular formula is C19H19F3N2O4S. The first-order chi connectivity index (χ1) is 13.6. The Morgan fingerprint density at radius 3 is 2.24 bits per heavy atom. The number of ether oxygens (including phenoxy) is 1. The minimum absolute atomic E-state index is 0.293. The van der Waals surface area contributed by atoms with E-state index in [1.54, 1.807) is 30.3 Å². The van der Waals surface area contributed by atoms with Crippen LogP contribution >= 0.6 is 0 Å². The molecule has 0 atom stereocenters. The van der Waals surface area contributed by atoms with Gasteiger partial charge in [-0.3, -0.25) is 4.79 Å². The zero-order valence-electron chi connectivity index (χ0n) is 15.4. The zero-order valence-corrected chi connectivity index (χ0v) is 16.2. The SMILES string of the molecule is CCOc1ccc(/C=C/C(=O)Nc2ccc(S(=O)(=O)NCC(F)(F)F)cc2)cc1. The van der Waals surface area contributed by atoms with Crippen LogP contribution in [0.1, 0.15) is 12.5 Å². The predicted octanol–water partition coefficient (Wildman–Crippen LogP) is 3.58. The number of nitrogens with one attached hydrogen (secondary N) is 2. The van der Waals surface area contributed by atoms with Crippen LogP contribution in [0.4, 0.5) is 18.9 Å². The van der Waals surface area contributed by atoms with Crippen molar-refractivity contribution in [2.45, 2.75) is 18.0 Å². The summed E-state index contributed by atoms with van der Waals surface area (Å²) in [5, 5.41) is 2.53. The van der Waals surface area contributed by atoms with Crippen LogP contribution in [0.3, 0.4) is 0 Å². The number of alkyl halides is 3. The Hall–Kier alpha value is -2.85. The molecule has 29 heavy (non-hydrogen) atoms. The molecule has 0 spiro atoms. The number of carbonyl (C=O) groups excluding carboxylic acids is 1. The molecule has 0 saturated carbocycles. The van der Waals surface area contributed by atoms with Gasteiger partial charge in [0.1, 0.15) is 12.3 Å². The number of anilines is 1. The van der Waals surface area contributed by atoms with Gasteiger partial charge in [0.15, 0.2) is 0 Å². The van der Waals surface area contributed by atoms with E-state index in [-0.39, 0.29) is 4.90 Å². The third kappa shape index (κ3) is 7.59. The average molecular weight is 428 g/mol. The van der Waals surface area contributed by atoms with Gasteiger partial charge < -0.3 is 10.1 Å². The largest absolute Gasteiger partial charge is 0.494 e. The number of hydrogen-bond acceptors (Lipinski definition) is 4. The molecule has 2 aromatic rings. The number of carbonyl (C=O) groups is 1. The second kappa shape index (κ2) is 9.57. The molecule has 0 aliphatic rings. The molecule has 0 saturated heterocycles. The fraction of sp³-hybridized carbons (Fsp3) is 0.211. The van der Waals surface area contributed by atoms with Crippen LogP contribution in [0.15, 0.2) is 59.5 Å². The number of rotatable bonds is 8. The van der Waals surface area contributed by atoms with Gasteiger partial charge in [-0.25, -0.2) is 13.1 Å². The van der Waals surface area contributed by atoms with E-state index in [9.17, 15) is 26.4 Å². The molecule has 1 amide bonds. The molecular weight excluding hydrogens is 409 g/mol. The highest BCUT2D eigenvalue weighted by molar-refractivity contribution is 7.89. The Balaban J connectivity index is 1.95. The molecule has 6 nitrogen and oxygen atoms in total. The van der Waals surface area contributed by atoms with Crippen molar-refractivity contribution < 1.29 is 31.1 Å². The van der Waals surface area contributed by atoms with Crippen molar-refractivity contribution in [2.75, 3.05) is 18.5 Å². The predicted molar refractivity (Wildman–Crippen MR) is 103 cm³/mol. The summed E-state index contributed by atoms with van der Waals surface area (Å²) in [5.41, 5.74) is 1.07. The Labute approximate surface area is 166 Å². The smallest absolute Gasteiger partial charge is 0.402 e. The van der Waals surface area contributed by atoms with Crippen molar-refractivity contribution >= 4 is 27.7 Å². The van der Waals surface area contributed by atoms with Crippen molar-refractivity contribution in [3.8, 4) is 5.75 Å². The molecule has 0 aliphatic heterocycles. The van der Waals surface area contributed by atoms with Crippen molar-refractivity contribution in [3.63, 3.8) is 0 Å². The number of benzene rings is 2. The minimum atomic E-state index is -4.66. The van der Waals surface area contributed by atoms with E-state index in [2.05, 4.69) is 5.32 Å². The van der Waals surface area contributed by atoms with Gasteiger partial charge in [0.05, 0.1) is 11.5 Å². The molecule has 2 rings (SSSR count). The van der Waals surface area contributed by atoms with Crippen LogP contribution in [-0.2, 0) is 14.8 Å². The van der Waals surface area contributed by atoms with Gasteiger partial charge in [0.2, 0.25) is 15.9 Å². The quantitative estimate of drug-likeness (QED) is 0.630. The number of hydrogen-bond donors (Lipinski definition) is 2. The minimum Gasteiger partial charge on any atom is -0.494 e. The number of halogens is 3. The summed E-state index contributed by atoms with van der Waals surface area (Å²) in [7, 11) is -4.30. The molecule has 0 aliphatic carbocycles. The van der Waals surface area contributed by atoms with Gasteiger partial charge in [0, 0.05) is 11.8 Å². The highest BCUT2D eigenvalue weighted by Crippen LogP contribution is 2.17. The van der Waals surface area contributed by atoms with Crippen LogP contribution in [0.2, 0.25) is 0 Å². The number of amides is 1. The summed E-state index contributed by atoms with van der Waals surface area (Å²) in [6, 6.07) is 11.9. The molecule has 0 bridgehead atoms. The molecule has 10 heteroatoms. The summed E-state index contributed by atoms with van der Waals surface area (Å²) in [5.74, 6) is 0.263. The van der Waals surface area contributed by atoms with Crippen LogP contribution in [-0.4, -0.2) is 33.7 Å². The Morgan fingerprint density at radius 2 is 1.69 bits per heavy atom. The van der Waals surface area contributed by atoms with Crippen LogP contribution in [0.25, 0.3) is 6.08 Å². The second-order valence-electron chi connectivity index (χ2n) is 5.79. The van der Waals surface area contributed by atoms with E-state index in [0.717, 1.165) is 17.7 Å². The molecule has 0 unspecified atom stereocenters. The van der Waals surface area contributed by atoms with Gasteiger partial charge in [-0.05, 0) is 55.0 Å². The topological polar surface area (TPSA) is 84.5 Å². The van der Waals surface area contributed by atoms with E-state index >= 15 is 0 Å². The van der Waals surface area contributed by atoms with Crippen molar-refractivity contribution in [1.82, 2.24) is 4.72 Å². The van der Waals surface area contributed by atoms with E-state index in [0.29, 0.717) is 18.0 Å². The van der Waals surface area contributed by atoms with Gasteiger partial charge in [-0.15, -0.1) is 0 Å². The summed E-state index contributed by atoms with van der Waals surface area (Å²) in [4.78, 5) is 11.6. The van der Waals surface area contributed by atoms with Crippen molar-refractivity contribution in [3.05, 3.63) is 60.2 Å². The highest BCUT2D eigenvalue weighted by atomic mass is 32.2. The second-order valence-corrected chi connectivity index (χ2v) is 7.56. The van der Waals surface area contributed by atoms with Gasteiger partial charge in [-0.1, -0.05) is 12.1 Å². The van der Waals surface area contributed by atoms with E-state index < -0.39 is 28.7 Å². The summed E-state index contributed by atoms with van der Waals surface area (Å²) >= 11 is 0. The first-order valence-corrected chi connectivity index (χ1v) is 9.96. The lowest BCUT2D eigenvalue weighted by Crippen LogP contribution is -2.33. The van der Waals surface area contributed by atoms with Gasteiger partial charge in [0.25, 0.3) is 0 Å². The standard InChI is InChI=1S/C19H19F3N2O4S/c1-2-28-16-8-3-14(4-9-16)5-12-18(25)24-15-6-10-17(11-7-15)29(26,27)23-13-19(20,21)22/h3-12,23H,2,13H2,1H3,(H,24,25)/b12-5+. The van der Waals surface area contributed by atoms with Crippen LogP contribution < -0.4 is 14.8 Å². The van der Waals surface area contributed by atoms with E-state index in [4.69, 9.17) is 4.74 Å². The lowest BCUT2D eigenvalue weighted by atomic mass is 10.2. The van der Waals surface area contributed by atoms with Gasteiger partial charge in [-0.2, -0.15) is 13.2 Å².